The second kappa shape index (κ2) is 5.24. The molecule has 2 nitrogen and oxygen atoms in total. The van der Waals surface area contributed by atoms with Gasteiger partial charge in [-0.05, 0) is 30.3 Å². The van der Waals surface area contributed by atoms with Crippen molar-refractivity contribution in [3.63, 3.8) is 0 Å². The Balaban J connectivity index is 2.70. The van der Waals surface area contributed by atoms with Gasteiger partial charge < -0.3 is 4.74 Å². The van der Waals surface area contributed by atoms with Crippen LogP contribution >= 0.6 is 0 Å². The van der Waals surface area contributed by atoms with Gasteiger partial charge in [0.25, 0.3) is 6.08 Å². The summed E-state index contributed by atoms with van der Waals surface area (Å²) < 4.78 is 28.3. The number of hydrogen-bond donors (Lipinski definition) is 0. The van der Waals surface area contributed by atoms with E-state index in [1.807, 2.05) is 0 Å². The zero-order valence-electron chi connectivity index (χ0n) is 8.17. The maximum Gasteiger partial charge on any atom is 0.266 e. The van der Waals surface area contributed by atoms with Crippen molar-refractivity contribution in [1.29, 1.82) is 0 Å². The van der Waals surface area contributed by atoms with Gasteiger partial charge in [0.1, 0.15) is 5.75 Å². The van der Waals surface area contributed by atoms with E-state index in [-0.39, 0.29) is 12.2 Å². The highest BCUT2D eigenvalue weighted by atomic mass is 19.3. The molecule has 1 aromatic carbocycles. The molecule has 0 aliphatic carbocycles. The Kier molecular flexibility index (Phi) is 3.97. The Morgan fingerprint density at radius 3 is 2.40 bits per heavy atom. The van der Waals surface area contributed by atoms with Crippen molar-refractivity contribution < 1.29 is 18.3 Å². The molecule has 0 aromatic heterocycles. The van der Waals surface area contributed by atoms with Crippen LogP contribution in [0.2, 0.25) is 0 Å². The lowest BCUT2D eigenvalue weighted by atomic mass is 10.1. The normalized spacial score (nSPS) is 9.53. The van der Waals surface area contributed by atoms with Gasteiger partial charge in [0.05, 0.1) is 7.11 Å². The predicted octanol–water partition coefficient (Wildman–Crippen LogP) is 3.05. The molecule has 0 spiro atoms. The van der Waals surface area contributed by atoms with E-state index in [1.54, 1.807) is 24.3 Å². The van der Waals surface area contributed by atoms with Crippen molar-refractivity contribution in [2.24, 2.45) is 0 Å². The summed E-state index contributed by atoms with van der Waals surface area (Å²) >= 11 is 0. The minimum absolute atomic E-state index is 0.283. The number of carbonyl (C=O) groups is 1. The Hall–Kier alpha value is -1.71. The number of ether oxygens (including phenoxy) is 1. The quantitative estimate of drug-likeness (QED) is 0.717. The van der Waals surface area contributed by atoms with E-state index >= 15 is 0 Å². The summed E-state index contributed by atoms with van der Waals surface area (Å²) in [6, 6.07) is 6.32. The van der Waals surface area contributed by atoms with Gasteiger partial charge in [-0.15, -0.1) is 0 Å². The van der Waals surface area contributed by atoms with Gasteiger partial charge in [-0.25, -0.2) is 0 Å². The molecule has 0 amide bonds. The van der Waals surface area contributed by atoms with E-state index in [9.17, 15) is 13.6 Å². The molecular weight excluding hydrogens is 202 g/mol. The summed E-state index contributed by atoms with van der Waals surface area (Å²) in [6.45, 7) is 0. The molecule has 0 N–H and O–H groups in total. The first-order valence-corrected chi connectivity index (χ1v) is 4.32. The van der Waals surface area contributed by atoms with Crippen LogP contribution in [-0.2, 0) is 0 Å². The first kappa shape index (κ1) is 11.4. The fourth-order valence-electron chi connectivity index (χ4n) is 1.06. The van der Waals surface area contributed by atoms with E-state index in [4.69, 9.17) is 4.74 Å². The molecule has 0 saturated carbocycles. The van der Waals surface area contributed by atoms with Crippen LogP contribution in [0.3, 0.4) is 0 Å². The molecule has 0 radical (unpaired) electrons. The maximum atomic E-state index is 11.7. The van der Waals surface area contributed by atoms with E-state index < -0.39 is 6.08 Å². The monoisotopic (exact) mass is 212 g/mol. The SMILES string of the molecule is COc1ccc(C(=O)CC=C(F)F)cc1. The zero-order valence-corrected chi connectivity index (χ0v) is 8.17. The van der Waals surface area contributed by atoms with Crippen LogP contribution in [0.25, 0.3) is 0 Å². The number of rotatable bonds is 4. The van der Waals surface area contributed by atoms with Gasteiger partial charge in [0.15, 0.2) is 5.78 Å². The van der Waals surface area contributed by atoms with Crippen molar-refractivity contribution in [2.75, 3.05) is 7.11 Å². The zero-order chi connectivity index (χ0) is 11.3. The number of benzene rings is 1. The largest absolute Gasteiger partial charge is 0.497 e. The molecule has 4 heteroatoms. The van der Waals surface area contributed by atoms with E-state index in [0.29, 0.717) is 17.4 Å². The molecule has 80 valence electrons. The number of allylic oxidation sites excluding steroid dienone is 1. The van der Waals surface area contributed by atoms with Gasteiger partial charge in [-0.1, -0.05) is 0 Å². The number of hydrogen-bond acceptors (Lipinski definition) is 2. The number of halogens is 2. The molecule has 0 aliphatic rings. The first-order chi connectivity index (χ1) is 7.13. The third kappa shape index (κ3) is 3.50. The highest BCUT2D eigenvalue weighted by Crippen LogP contribution is 2.13. The third-order valence-corrected chi connectivity index (χ3v) is 1.85. The molecule has 1 rings (SSSR count). The van der Waals surface area contributed by atoms with Crippen molar-refractivity contribution in [3.05, 3.63) is 42.0 Å². The standard InChI is InChI=1S/C11H10F2O2/c1-15-9-4-2-8(3-5-9)10(14)6-7-11(12)13/h2-5,7H,6H2,1H3. The number of Topliss-reactive ketones (excluding diaryl/α,β-unsaturated/α-hetero) is 1. The second-order valence-corrected chi connectivity index (χ2v) is 2.85. The summed E-state index contributed by atoms with van der Waals surface area (Å²) in [6.07, 6.45) is -1.52. The molecule has 15 heavy (non-hydrogen) atoms. The fraction of sp³-hybridized carbons (Fsp3) is 0.182. The van der Waals surface area contributed by atoms with Crippen molar-refractivity contribution in [1.82, 2.24) is 0 Å². The number of ketones is 1. The van der Waals surface area contributed by atoms with Gasteiger partial charge in [-0.2, -0.15) is 8.78 Å². The predicted molar refractivity (Wildman–Crippen MR) is 52.2 cm³/mol. The molecule has 0 bridgehead atoms. The summed E-state index contributed by atoms with van der Waals surface area (Å²) in [7, 11) is 1.51. The van der Waals surface area contributed by atoms with Crippen LogP contribution in [-0.4, -0.2) is 12.9 Å². The molecule has 0 saturated heterocycles. The van der Waals surface area contributed by atoms with E-state index in [1.165, 1.54) is 7.11 Å². The van der Waals surface area contributed by atoms with Crippen molar-refractivity contribution in [3.8, 4) is 5.75 Å². The smallest absolute Gasteiger partial charge is 0.266 e. The van der Waals surface area contributed by atoms with Gasteiger partial charge in [-0.3, -0.25) is 4.79 Å². The van der Waals surface area contributed by atoms with Crippen LogP contribution in [0.1, 0.15) is 16.8 Å². The first-order valence-electron chi connectivity index (χ1n) is 4.32. The lowest BCUT2D eigenvalue weighted by Crippen LogP contribution is -1.96. The summed E-state index contributed by atoms with van der Waals surface area (Å²) in [5.41, 5.74) is 0.397. The molecule has 0 unspecified atom stereocenters. The molecule has 0 aliphatic heterocycles. The van der Waals surface area contributed by atoms with E-state index in [2.05, 4.69) is 0 Å². The van der Waals surface area contributed by atoms with Crippen LogP contribution in [0.15, 0.2) is 36.4 Å². The fourth-order valence-corrected chi connectivity index (χ4v) is 1.06. The lowest BCUT2D eigenvalue weighted by Gasteiger charge is -2.00. The maximum absolute atomic E-state index is 11.7. The highest BCUT2D eigenvalue weighted by molar-refractivity contribution is 5.97. The van der Waals surface area contributed by atoms with Crippen molar-refractivity contribution >= 4 is 5.78 Å². The van der Waals surface area contributed by atoms with E-state index in [0.717, 1.165) is 0 Å². The van der Waals surface area contributed by atoms with Gasteiger partial charge in [0, 0.05) is 12.0 Å². The van der Waals surface area contributed by atoms with Gasteiger partial charge in [0.2, 0.25) is 0 Å². The Morgan fingerprint density at radius 2 is 1.93 bits per heavy atom. The Labute approximate surface area is 86.2 Å². The minimum Gasteiger partial charge on any atom is -0.497 e. The van der Waals surface area contributed by atoms with Crippen LogP contribution in [0.4, 0.5) is 8.78 Å². The number of carbonyl (C=O) groups excluding carboxylic acids is 1. The second-order valence-electron chi connectivity index (χ2n) is 2.85. The van der Waals surface area contributed by atoms with Crippen molar-refractivity contribution in [2.45, 2.75) is 6.42 Å². The molecular formula is C11H10F2O2. The number of methoxy groups -OCH3 is 1. The van der Waals surface area contributed by atoms with Crippen LogP contribution < -0.4 is 4.74 Å². The molecule has 1 aromatic rings. The topological polar surface area (TPSA) is 26.3 Å². The van der Waals surface area contributed by atoms with Crippen LogP contribution in [0, 0.1) is 0 Å². The third-order valence-electron chi connectivity index (χ3n) is 1.85. The van der Waals surface area contributed by atoms with Crippen LogP contribution in [0.5, 0.6) is 5.75 Å². The summed E-state index contributed by atoms with van der Waals surface area (Å²) in [4.78, 5) is 11.3. The summed E-state index contributed by atoms with van der Waals surface area (Å²) in [5.74, 6) is 0.282. The summed E-state index contributed by atoms with van der Waals surface area (Å²) in [5, 5.41) is 0. The average Bonchev–Trinajstić information content (AvgIpc) is 2.26. The molecule has 0 fully saturated rings. The average molecular weight is 212 g/mol. The highest BCUT2D eigenvalue weighted by Gasteiger charge is 2.04. The Bertz CT molecular complexity index is 365. The Morgan fingerprint density at radius 1 is 1.33 bits per heavy atom. The minimum atomic E-state index is -1.84. The lowest BCUT2D eigenvalue weighted by molar-refractivity contribution is 0.0994. The molecule has 0 heterocycles. The van der Waals surface area contributed by atoms with Gasteiger partial charge >= 0.3 is 0 Å². The molecule has 0 atom stereocenters.